The van der Waals surface area contributed by atoms with Crippen LogP contribution in [0.1, 0.15) is 15.2 Å². The van der Waals surface area contributed by atoms with E-state index < -0.39 is 21.7 Å². The first-order valence-electron chi connectivity index (χ1n) is 6.59. The van der Waals surface area contributed by atoms with E-state index in [1.54, 1.807) is 6.08 Å². The average molecular weight is 429 g/mol. The highest BCUT2D eigenvalue weighted by atomic mass is 79.9. The predicted octanol–water partition coefficient (Wildman–Crippen LogP) is 2.39. The second kappa shape index (κ2) is 7.73. The maximum absolute atomic E-state index is 11.9. The van der Waals surface area contributed by atoms with Gasteiger partial charge in [0.15, 0.2) is 9.84 Å². The molecule has 0 saturated carbocycles. The molecule has 1 heterocycles. The van der Waals surface area contributed by atoms with Crippen molar-refractivity contribution in [3.05, 3.63) is 56.7 Å². The third-order valence-corrected chi connectivity index (χ3v) is 5.55. The molecule has 0 radical (unpaired) electrons. The van der Waals surface area contributed by atoms with E-state index >= 15 is 0 Å². The van der Waals surface area contributed by atoms with Crippen LogP contribution in [-0.4, -0.2) is 26.5 Å². The Morgan fingerprint density at radius 3 is 2.29 bits per heavy atom. The second-order valence-corrected chi connectivity index (χ2v) is 9.23. The maximum atomic E-state index is 11.9. The van der Waals surface area contributed by atoms with E-state index in [4.69, 9.17) is 0 Å². The van der Waals surface area contributed by atoms with Crippen LogP contribution in [0.2, 0.25) is 0 Å². The molecule has 2 aromatic rings. The van der Waals surface area contributed by atoms with Gasteiger partial charge in [0.1, 0.15) is 0 Å². The molecule has 0 atom stereocenters. The van der Waals surface area contributed by atoms with Crippen LogP contribution < -0.4 is 10.9 Å². The first kappa shape index (κ1) is 18.4. The SMILES string of the molecule is CS(=O)(=O)c1ccc(C(=O)NNC(=O)/C=C/c2ccc(Br)s2)cc1. The molecule has 6 nitrogen and oxygen atoms in total. The average Bonchev–Trinajstić information content (AvgIpc) is 2.95. The number of benzene rings is 1. The van der Waals surface area contributed by atoms with E-state index in [-0.39, 0.29) is 10.5 Å². The molecule has 0 spiro atoms. The Balaban J connectivity index is 1.90. The smallest absolute Gasteiger partial charge is 0.268 e. The fourth-order valence-electron chi connectivity index (χ4n) is 1.66. The van der Waals surface area contributed by atoms with Crippen LogP contribution in [-0.2, 0) is 14.6 Å². The molecule has 126 valence electrons. The Morgan fingerprint density at radius 1 is 1.08 bits per heavy atom. The third kappa shape index (κ3) is 5.29. The lowest BCUT2D eigenvalue weighted by Crippen LogP contribution is -2.40. The zero-order chi connectivity index (χ0) is 17.7. The van der Waals surface area contributed by atoms with Gasteiger partial charge in [-0.25, -0.2) is 8.42 Å². The Hall–Kier alpha value is -1.97. The van der Waals surface area contributed by atoms with E-state index in [0.717, 1.165) is 14.9 Å². The number of nitrogens with one attached hydrogen (secondary N) is 2. The molecule has 24 heavy (non-hydrogen) atoms. The molecule has 0 bridgehead atoms. The van der Waals surface area contributed by atoms with Gasteiger partial charge >= 0.3 is 0 Å². The van der Waals surface area contributed by atoms with E-state index in [2.05, 4.69) is 26.8 Å². The largest absolute Gasteiger partial charge is 0.269 e. The highest BCUT2D eigenvalue weighted by molar-refractivity contribution is 9.11. The van der Waals surface area contributed by atoms with Gasteiger partial charge in [0, 0.05) is 22.8 Å². The normalized spacial score (nSPS) is 11.4. The Morgan fingerprint density at radius 2 is 1.75 bits per heavy atom. The minimum atomic E-state index is -3.32. The molecular formula is C15H13BrN2O4S2. The summed E-state index contributed by atoms with van der Waals surface area (Å²) in [5.41, 5.74) is 4.74. The summed E-state index contributed by atoms with van der Waals surface area (Å²) in [6.45, 7) is 0. The Kier molecular flexibility index (Phi) is 5.92. The third-order valence-electron chi connectivity index (χ3n) is 2.84. The predicted molar refractivity (Wildman–Crippen MR) is 96.2 cm³/mol. The number of amides is 2. The fraction of sp³-hybridized carbons (Fsp3) is 0.0667. The quantitative estimate of drug-likeness (QED) is 0.577. The number of halogens is 1. The molecular weight excluding hydrogens is 416 g/mol. The molecule has 0 aliphatic rings. The van der Waals surface area contributed by atoms with Crippen LogP contribution in [0.15, 0.2) is 51.2 Å². The molecule has 0 fully saturated rings. The number of hydrogen-bond donors (Lipinski definition) is 2. The molecule has 0 aliphatic carbocycles. The summed E-state index contributed by atoms with van der Waals surface area (Å²) in [6.07, 6.45) is 4.00. The lowest BCUT2D eigenvalue weighted by Gasteiger charge is -2.06. The highest BCUT2D eigenvalue weighted by Crippen LogP contribution is 2.22. The number of hydrogen-bond acceptors (Lipinski definition) is 5. The Labute approximate surface area is 151 Å². The van der Waals surface area contributed by atoms with E-state index in [1.807, 2.05) is 12.1 Å². The summed E-state index contributed by atoms with van der Waals surface area (Å²) in [4.78, 5) is 24.5. The van der Waals surface area contributed by atoms with Crippen LogP contribution in [0.5, 0.6) is 0 Å². The van der Waals surface area contributed by atoms with Gasteiger partial charge in [-0.1, -0.05) is 0 Å². The number of sulfone groups is 1. The molecule has 9 heteroatoms. The van der Waals surface area contributed by atoms with Crippen molar-refractivity contribution < 1.29 is 18.0 Å². The molecule has 1 aromatic heterocycles. The van der Waals surface area contributed by atoms with Crippen molar-refractivity contribution in [2.24, 2.45) is 0 Å². The van der Waals surface area contributed by atoms with Gasteiger partial charge in [0.25, 0.3) is 11.8 Å². The van der Waals surface area contributed by atoms with Crippen molar-refractivity contribution in [2.75, 3.05) is 6.26 Å². The highest BCUT2D eigenvalue weighted by Gasteiger charge is 2.10. The van der Waals surface area contributed by atoms with Crippen molar-refractivity contribution in [2.45, 2.75) is 4.90 Å². The maximum Gasteiger partial charge on any atom is 0.269 e. The molecule has 1 aromatic carbocycles. The van der Waals surface area contributed by atoms with Crippen molar-refractivity contribution in [1.29, 1.82) is 0 Å². The minimum Gasteiger partial charge on any atom is -0.268 e. The number of rotatable bonds is 4. The summed E-state index contributed by atoms with van der Waals surface area (Å²) in [5.74, 6) is -1.03. The van der Waals surface area contributed by atoms with Crippen molar-refractivity contribution >= 4 is 55.0 Å². The number of carbonyl (C=O) groups is 2. The lowest BCUT2D eigenvalue weighted by molar-refractivity contribution is -0.117. The summed E-state index contributed by atoms with van der Waals surface area (Å²) in [6, 6.07) is 9.12. The van der Waals surface area contributed by atoms with Crippen molar-refractivity contribution in [1.82, 2.24) is 10.9 Å². The molecule has 2 N–H and O–H groups in total. The van der Waals surface area contributed by atoms with E-state index in [1.165, 1.54) is 41.7 Å². The molecule has 2 amide bonds. The second-order valence-electron chi connectivity index (χ2n) is 4.72. The molecule has 0 unspecified atom stereocenters. The summed E-state index contributed by atoms with van der Waals surface area (Å²) < 4.78 is 23.7. The zero-order valence-corrected chi connectivity index (χ0v) is 15.7. The standard InChI is InChI=1S/C15H13BrN2O4S2/c1-24(21,22)12-6-2-10(3-7-12)15(20)18-17-14(19)9-5-11-4-8-13(16)23-11/h2-9H,1H3,(H,17,19)(H,18,20)/b9-5+. The fourth-order valence-corrected chi connectivity index (χ4v) is 3.62. The summed E-state index contributed by atoms with van der Waals surface area (Å²) >= 11 is 4.79. The minimum absolute atomic E-state index is 0.119. The van der Waals surface area contributed by atoms with E-state index in [9.17, 15) is 18.0 Å². The lowest BCUT2D eigenvalue weighted by atomic mass is 10.2. The van der Waals surface area contributed by atoms with E-state index in [0.29, 0.717) is 0 Å². The molecule has 0 aliphatic heterocycles. The van der Waals surface area contributed by atoms with Crippen LogP contribution in [0.4, 0.5) is 0 Å². The van der Waals surface area contributed by atoms with Gasteiger partial charge in [0.05, 0.1) is 8.68 Å². The number of carbonyl (C=O) groups excluding carboxylic acids is 2. The van der Waals surface area contributed by atoms with Gasteiger partial charge in [-0.3, -0.25) is 20.4 Å². The van der Waals surface area contributed by atoms with Gasteiger partial charge in [0.2, 0.25) is 0 Å². The van der Waals surface area contributed by atoms with Crippen LogP contribution >= 0.6 is 27.3 Å². The van der Waals surface area contributed by atoms with Crippen molar-refractivity contribution in [3.63, 3.8) is 0 Å². The first-order chi connectivity index (χ1) is 11.3. The van der Waals surface area contributed by atoms with Crippen LogP contribution in [0.25, 0.3) is 6.08 Å². The van der Waals surface area contributed by atoms with Gasteiger partial charge in [-0.2, -0.15) is 0 Å². The van der Waals surface area contributed by atoms with Crippen LogP contribution in [0.3, 0.4) is 0 Å². The zero-order valence-electron chi connectivity index (χ0n) is 12.4. The first-order valence-corrected chi connectivity index (χ1v) is 10.1. The summed E-state index contributed by atoms with van der Waals surface area (Å²) in [7, 11) is -3.32. The van der Waals surface area contributed by atoms with Gasteiger partial charge in [-0.15, -0.1) is 11.3 Å². The van der Waals surface area contributed by atoms with Gasteiger partial charge < -0.3 is 0 Å². The molecule has 2 rings (SSSR count). The monoisotopic (exact) mass is 428 g/mol. The van der Waals surface area contributed by atoms with Gasteiger partial charge in [-0.05, 0) is 58.4 Å². The van der Waals surface area contributed by atoms with Crippen molar-refractivity contribution in [3.8, 4) is 0 Å². The molecule has 0 saturated heterocycles. The Bertz CT molecular complexity index is 886. The number of hydrazine groups is 1. The summed E-state index contributed by atoms with van der Waals surface area (Å²) in [5, 5.41) is 0. The van der Waals surface area contributed by atoms with Crippen LogP contribution in [0, 0.1) is 0 Å². The number of thiophene rings is 1. The topological polar surface area (TPSA) is 92.3 Å².